The SMILES string of the molecule is CCCCC(CCCC)(Nc1cccc2ccccc12)C(=O)NNc1ccccc1. The van der Waals surface area contributed by atoms with Crippen molar-refractivity contribution in [2.45, 2.75) is 57.9 Å². The van der Waals surface area contributed by atoms with E-state index in [0.29, 0.717) is 0 Å². The van der Waals surface area contributed by atoms with E-state index in [1.54, 1.807) is 0 Å². The van der Waals surface area contributed by atoms with E-state index in [1.807, 2.05) is 42.5 Å². The average molecular weight is 404 g/mol. The van der Waals surface area contributed by atoms with Gasteiger partial charge in [0.15, 0.2) is 0 Å². The van der Waals surface area contributed by atoms with Crippen LogP contribution in [0.1, 0.15) is 52.4 Å². The Morgan fingerprint density at radius 1 is 0.800 bits per heavy atom. The van der Waals surface area contributed by atoms with Crippen molar-refractivity contribution in [1.29, 1.82) is 0 Å². The number of hydrogen-bond acceptors (Lipinski definition) is 3. The largest absolute Gasteiger partial charge is 0.371 e. The molecule has 4 nitrogen and oxygen atoms in total. The number of rotatable bonds is 11. The highest BCUT2D eigenvalue weighted by Crippen LogP contribution is 2.31. The molecule has 1 amide bonds. The summed E-state index contributed by atoms with van der Waals surface area (Å²) in [5, 5.41) is 6.00. The highest BCUT2D eigenvalue weighted by molar-refractivity contribution is 5.97. The van der Waals surface area contributed by atoms with Crippen LogP contribution in [0.4, 0.5) is 11.4 Å². The number of hydrazine groups is 1. The van der Waals surface area contributed by atoms with E-state index in [0.717, 1.165) is 55.3 Å². The predicted molar refractivity (Wildman–Crippen MR) is 128 cm³/mol. The molecule has 0 unspecified atom stereocenters. The molecule has 3 N–H and O–H groups in total. The molecule has 0 aliphatic heterocycles. The van der Waals surface area contributed by atoms with E-state index in [2.05, 4.69) is 60.3 Å². The number of nitrogens with one attached hydrogen (secondary N) is 3. The van der Waals surface area contributed by atoms with Crippen LogP contribution in [-0.2, 0) is 4.79 Å². The summed E-state index contributed by atoms with van der Waals surface area (Å²) in [4.78, 5) is 13.6. The predicted octanol–water partition coefficient (Wildman–Crippen LogP) is 6.51. The van der Waals surface area contributed by atoms with E-state index in [-0.39, 0.29) is 5.91 Å². The molecule has 0 saturated heterocycles. The van der Waals surface area contributed by atoms with Crippen LogP contribution < -0.4 is 16.2 Å². The van der Waals surface area contributed by atoms with Crippen molar-refractivity contribution in [3.8, 4) is 0 Å². The number of amides is 1. The molecule has 0 spiro atoms. The Morgan fingerprint density at radius 3 is 2.13 bits per heavy atom. The molecular weight excluding hydrogens is 370 g/mol. The lowest BCUT2D eigenvalue weighted by molar-refractivity contribution is -0.125. The summed E-state index contributed by atoms with van der Waals surface area (Å²) in [5.41, 5.74) is 7.27. The second kappa shape index (κ2) is 10.7. The molecule has 0 saturated carbocycles. The zero-order valence-corrected chi connectivity index (χ0v) is 18.1. The van der Waals surface area contributed by atoms with Crippen LogP contribution in [0.25, 0.3) is 10.8 Å². The maximum absolute atomic E-state index is 13.6. The average Bonchev–Trinajstić information content (AvgIpc) is 2.80. The second-order valence-electron chi connectivity index (χ2n) is 7.89. The van der Waals surface area contributed by atoms with Crippen molar-refractivity contribution >= 4 is 28.1 Å². The molecular formula is C26H33N3O. The van der Waals surface area contributed by atoms with Crippen molar-refractivity contribution in [2.24, 2.45) is 0 Å². The van der Waals surface area contributed by atoms with E-state index in [9.17, 15) is 4.79 Å². The molecule has 158 valence electrons. The summed E-state index contributed by atoms with van der Waals surface area (Å²) in [5.74, 6) is -0.0128. The summed E-state index contributed by atoms with van der Waals surface area (Å²) in [6.45, 7) is 4.34. The Kier molecular flexibility index (Phi) is 7.72. The maximum Gasteiger partial charge on any atom is 0.263 e. The van der Waals surface area contributed by atoms with Gasteiger partial charge in [-0.2, -0.15) is 0 Å². The Bertz CT molecular complexity index is 926. The first-order valence-electron chi connectivity index (χ1n) is 11.1. The van der Waals surface area contributed by atoms with Crippen LogP contribution in [0.3, 0.4) is 0 Å². The van der Waals surface area contributed by atoms with Gasteiger partial charge in [0.1, 0.15) is 5.54 Å². The zero-order chi connectivity index (χ0) is 21.2. The van der Waals surface area contributed by atoms with Gasteiger partial charge in [0, 0.05) is 11.1 Å². The lowest BCUT2D eigenvalue weighted by Gasteiger charge is -2.35. The standard InChI is InChI=1S/C26H33N3O/c1-3-5-19-26(20-6-4-2,25(30)29-28-22-15-8-7-9-16-22)27-24-18-12-14-21-13-10-11-17-23(21)24/h7-18,27-28H,3-6,19-20H2,1-2H3,(H,29,30). The molecule has 3 aromatic rings. The summed E-state index contributed by atoms with van der Waals surface area (Å²) in [6.07, 6.45) is 5.64. The lowest BCUT2D eigenvalue weighted by atomic mass is 9.85. The number of carbonyl (C=O) groups is 1. The molecule has 3 aromatic carbocycles. The number of para-hydroxylation sites is 1. The molecule has 3 rings (SSSR count). The topological polar surface area (TPSA) is 53.2 Å². The molecule has 0 radical (unpaired) electrons. The smallest absolute Gasteiger partial charge is 0.263 e. The number of anilines is 2. The minimum atomic E-state index is -0.669. The van der Waals surface area contributed by atoms with Gasteiger partial charge in [-0.3, -0.25) is 15.6 Å². The number of fused-ring (bicyclic) bond motifs is 1. The Balaban J connectivity index is 1.91. The summed E-state index contributed by atoms with van der Waals surface area (Å²) < 4.78 is 0. The molecule has 0 aromatic heterocycles. The fourth-order valence-electron chi connectivity index (χ4n) is 3.85. The first-order valence-corrected chi connectivity index (χ1v) is 11.1. The molecule has 0 bridgehead atoms. The van der Waals surface area contributed by atoms with Gasteiger partial charge in [-0.05, 0) is 36.4 Å². The van der Waals surface area contributed by atoms with E-state index in [4.69, 9.17) is 0 Å². The van der Waals surface area contributed by atoms with Crippen LogP contribution in [0.15, 0.2) is 72.8 Å². The van der Waals surface area contributed by atoms with Crippen molar-refractivity contribution in [3.05, 3.63) is 72.8 Å². The number of carbonyl (C=O) groups excluding carboxylic acids is 1. The van der Waals surface area contributed by atoms with E-state index in [1.165, 1.54) is 5.39 Å². The van der Waals surface area contributed by atoms with Gasteiger partial charge in [0.2, 0.25) is 0 Å². The molecule has 0 fully saturated rings. The monoisotopic (exact) mass is 403 g/mol. The number of benzene rings is 3. The molecule has 0 aliphatic carbocycles. The minimum Gasteiger partial charge on any atom is -0.371 e. The molecule has 0 heterocycles. The van der Waals surface area contributed by atoms with Crippen LogP contribution in [-0.4, -0.2) is 11.4 Å². The van der Waals surface area contributed by atoms with Gasteiger partial charge in [0.25, 0.3) is 5.91 Å². The van der Waals surface area contributed by atoms with Gasteiger partial charge >= 0.3 is 0 Å². The minimum absolute atomic E-state index is 0.0128. The summed E-state index contributed by atoms with van der Waals surface area (Å²) in [6, 6.07) is 24.3. The molecule has 30 heavy (non-hydrogen) atoms. The highest BCUT2D eigenvalue weighted by Gasteiger charge is 2.37. The third-order valence-corrected chi connectivity index (χ3v) is 5.61. The van der Waals surface area contributed by atoms with Gasteiger partial charge in [0.05, 0.1) is 5.69 Å². The van der Waals surface area contributed by atoms with Crippen molar-refractivity contribution in [3.63, 3.8) is 0 Å². The van der Waals surface area contributed by atoms with Gasteiger partial charge in [-0.15, -0.1) is 0 Å². The first kappa shape index (κ1) is 21.7. The first-order chi connectivity index (χ1) is 14.7. The lowest BCUT2D eigenvalue weighted by Crippen LogP contribution is -2.54. The van der Waals surface area contributed by atoms with Crippen LogP contribution >= 0.6 is 0 Å². The highest BCUT2D eigenvalue weighted by atomic mass is 16.2. The van der Waals surface area contributed by atoms with Crippen LogP contribution in [0.2, 0.25) is 0 Å². The maximum atomic E-state index is 13.6. The summed E-state index contributed by atoms with van der Waals surface area (Å²) in [7, 11) is 0. The molecule has 0 atom stereocenters. The normalized spacial score (nSPS) is 11.3. The van der Waals surface area contributed by atoms with Gasteiger partial charge in [-0.25, -0.2) is 0 Å². The van der Waals surface area contributed by atoms with Crippen molar-refractivity contribution in [1.82, 2.24) is 5.43 Å². The third-order valence-electron chi connectivity index (χ3n) is 5.61. The number of unbranched alkanes of at least 4 members (excludes halogenated alkanes) is 2. The Labute approximate surface area is 180 Å². The van der Waals surface area contributed by atoms with Crippen molar-refractivity contribution in [2.75, 3.05) is 10.7 Å². The Morgan fingerprint density at radius 2 is 1.43 bits per heavy atom. The van der Waals surface area contributed by atoms with Crippen LogP contribution in [0.5, 0.6) is 0 Å². The quantitative estimate of drug-likeness (QED) is 0.320. The fourth-order valence-corrected chi connectivity index (χ4v) is 3.85. The second-order valence-corrected chi connectivity index (χ2v) is 7.89. The molecule has 0 aliphatic rings. The number of hydrogen-bond donors (Lipinski definition) is 3. The fraction of sp³-hybridized carbons (Fsp3) is 0.346. The molecule has 4 heteroatoms. The van der Waals surface area contributed by atoms with Crippen molar-refractivity contribution < 1.29 is 4.79 Å². The van der Waals surface area contributed by atoms with E-state index >= 15 is 0 Å². The van der Waals surface area contributed by atoms with Gasteiger partial charge < -0.3 is 5.32 Å². The summed E-state index contributed by atoms with van der Waals surface area (Å²) >= 11 is 0. The van der Waals surface area contributed by atoms with Crippen LogP contribution in [0, 0.1) is 0 Å². The van der Waals surface area contributed by atoms with E-state index < -0.39 is 5.54 Å². The third kappa shape index (κ3) is 5.32. The zero-order valence-electron chi connectivity index (χ0n) is 18.1. The van der Waals surface area contributed by atoms with Gasteiger partial charge in [-0.1, -0.05) is 94.1 Å². The Hall–Kier alpha value is -3.01.